The third kappa shape index (κ3) is 3.14. The molecular weight excluding hydrogens is 287 g/mol. The van der Waals surface area contributed by atoms with Crippen LogP contribution in [0.1, 0.15) is 17.0 Å². The first kappa shape index (κ1) is 14.9. The molecular formula is C15H13ClF3N. The number of halogens is 4. The van der Waals surface area contributed by atoms with Gasteiger partial charge >= 0.3 is 0 Å². The van der Waals surface area contributed by atoms with Gasteiger partial charge in [-0.05, 0) is 36.7 Å². The van der Waals surface area contributed by atoms with Crippen molar-refractivity contribution in [2.45, 2.75) is 12.3 Å². The molecule has 0 aromatic heterocycles. The molecule has 20 heavy (non-hydrogen) atoms. The fourth-order valence-electron chi connectivity index (χ4n) is 2.13. The second kappa shape index (κ2) is 6.29. The smallest absolute Gasteiger partial charge is 0.129 e. The first-order valence-electron chi connectivity index (χ1n) is 6.10. The summed E-state index contributed by atoms with van der Waals surface area (Å²) in [4.78, 5) is 0. The molecule has 106 valence electrons. The Balaban J connectivity index is 2.34. The molecule has 2 N–H and O–H groups in total. The highest BCUT2D eigenvalue weighted by Crippen LogP contribution is 2.28. The SMILES string of the molecule is NCC(Cc1c(F)cccc1Cl)c1ccc(F)cc1F. The van der Waals surface area contributed by atoms with Crippen LogP contribution in [0.2, 0.25) is 5.02 Å². The van der Waals surface area contributed by atoms with Gasteiger partial charge in [-0.15, -0.1) is 0 Å². The van der Waals surface area contributed by atoms with E-state index in [1.165, 1.54) is 18.2 Å². The van der Waals surface area contributed by atoms with Crippen LogP contribution in [-0.4, -0.2) is 6.54 Å². The third-order valence-electron chi connectivity index (χ3n) is 3.20. The van der Waals surface area contributed by atoms with Gasteiger partial charge < -0.3 is 5.73 Å². The monoisotopic (exact) mass is 299 g/mol. The van der Waals surface area contributed by atoms with Gasteiger partial charge in [-0.3, -0.25) is 0 Å². The minimum atomic E-state index is -0.687. The lowest BCUT2D eigenvalue weighted by molar-refractivity contribution is 0.543. The molecule has 0 saturated heterocycles. The highest BCUT2D eigenvalue weighted by atomic mass is 35.5. The standard InChI is InChI=1S/C15H13ClF3N/c16-13-2-1-3-14(18)12(13)6-9(8-20)11-5-4-10(17)7-15(11)19/h1-5,7,9H,6,8,20H2. The fraction of sp³-hybridized carbons (Fsp3) is 0.200. The Kier molecular flexibility index (Phi) is 4.68. The zero-order valence-electron chi connectivity index (χ0n) is 10.5. The molecule has 0 bridgehead atoms. The molecule has 2 rings (SSSR count). The third-order valence-corrected chi connectivity index (χ3v) is 3.55. The van der Waals surface area contributed by atoms with Crippen molar-refractivity contribution in [2.24, 2.45) is 5.73 Å². The molecule has 0 saturated carbocycles. The molecule has 0 fully saturated rings. The van der Waals surface area contributed by atoms with Crippen molar-refractivity contribution in [2.75, 3.05) is 6.54 Å². The van der Waals surface area contributed by atoms with E-state index in [1.54, 1.807) is 6.07 Å². The second-order valence-electron chi connectivity index (χ2n) is 4.50. The Morgan fingerprint density at radius 1 is 1.05 bits per heavy atom. The summed E-state index contributed by atoms with van der Waals surface area (Å²) in [6, 6.07) is 7.63. The Hall–Kier alpha value is -1.52. The van der Waals surface area contributed by atoms with Crippen LogP contribution in [-0.2, 0) is 6.42 Å². The van der Waals surface area contributed by atoms with Crippen molar-refractivity contribution in [3.63, 3.8) is 0 Å². The molecule has 0 aliphatic carbocycles. The molecule has 0 aliphatic heterocycles. The average molecular weight is 300 g/mol. The topological polar surface area (TPSA) is 26.0 Å². The molecule has 0 amide bonds. The lowest BCUT2D eigenvalue weighted by Gasteiger charge is -2.17. The Morgan fingerprint density at radius 2 is 1.80 bits per heavy atom. The highest BCUT2D eigenvalue weighted by Gasteiger charge is 2.19. The Labute approximate surface area is 120 Å². The van der Waals surface area contributed by atoms with Gasteiger partial charge in [0.1, 0.15) is 17.5 Å². The van der Waals surface area contributed by atoms with Crippen molar-refractivity contribution < 1.29 is 13.2 Å². The Bertz CT molecular complexity index is 596. The summed E-state index contributed by atoms with van der Waals surface area (Å²) in [5.41, 5.74) is 6.18. The largest absolute Gasteiger partial charge is 0.330 e. The van der Waals surface area contributed by atoms with Crippen LogP contribution >= 0.6 is 11.6 Å². The summed E-state index contributed by atoms with van der Waals surface area (Å²) >= 11 is 5.95. The highest BCUT2D eigenvalue weighted by molar-refractivity contribution is 6.31. The summed E-state index contributed by atoms with van der Waals surface area (Å²) in [5.74, 6) is -2.28. The van der Waals surface area contributed by atoms with Crippen LogP contribution in [0.3, 0.4) is 0 Å². The summed E-state index contributed by atoms with van der Waals surface area (Å²) in [5, 5.41) is 0.269. The molecule has 1 nitrogen and oxygen atoms in total. The van der Waals surface area contributed by atoms with Gasteiger partial charge in [0.05, 0.1) is 0 Å². The summed E-state index contributed by atoms with van der Waals surface area (Å²) in [6.45, 7) is 0.104. The summed E-state index contributed by atoms with van der Waals surface area (Å²) < 4.78 is 40.4. The minimum Gasteiger partial charge on any atom is -0.330 e. The lowest BCUT2D eigenvalue weighted by Crippen LogP contribution is -2.17. The molecule has 5 heteroatoms. The van der Waals surface area contributed by atoms with Crippen molar-refractivity contribution >= 4 is 11.6 Å². The van der Waals surface area contributed by atoms with Crippen LogP contribution in [0.5, 0.6) is 0 Å². The first-order valence-corrected chi connectivity index (χ1v) is 6.48. The van der Waals surface area contributed by atoms with Gasteiger partial charge in [0.25, 0.3) is 0 Å². The second-order valence-corrected chi connectivity index (χ2v) is 4.91. The normalized spacial score (nSPS) is 12.4. The van der Waals surface area contributed by atoms with E-state index in [0.717, 1.165) is 12.1 Å². The molecule has 1 atom stereocenters. The van der Waals surface area contributed by atoms with E-state index >= 15 is 0 Å². The van der Waals surface area contributed by atoms with Gasteiger partial charge in [-0.25, -0.2) is 13.2 Å². The predicted octanol–water partition coefficient (Wildman–Crippen LogP) is 4.04. The lowest BCUT2D eigenvalue weighted by atomic mass is 9.91. The van der Waals surface area contributed by atoms with Crippen molar-refractivity contribution in [3.05, 3.63) is 70.0 Å². The zero-order valence-corrected chi connectivity index (χ0v) is 11.3. The van der Waals surface area contributed by atoms with Crippen LogP contribution in [0.25, 0.3) is 0 Å². The molecule has 1 unspecified atom stereocenters. The van der Waals surface area contributed by atoms with Crippen LogP contribution in [0.15, 0.2) is 36.4 Å². The zero-order chi connectivity index (χ0) is 14.7. The molecule has 0 aliphatic rings. The van der Waals surface area contributed by atoms with Gasteiger partial charge in [-0.1, -0.05) is 23.7 Å². The molecule has 2 aromatic carbocycles. The van der Waals surface area contributed by atoms with Crippen molar-refractivity contribution in [3.8, 4) is 0 Å². The quantitative estimate of drug-likeness (QED) is 0.906. The van der Waals surface area contributed by atoms with Crippen LogP contribution < -0.4 is 5.73 Å². The summed E-state index contributed by atoms with van der Waals surface area (Å²) in [6.07, 6.45) is 0.157. The molecule has 0 heterocycles. The fourth-order valence-corrected chi connectivity index (χ4v) is 2.37. The number of rotatable bonds is 4. The molecule has 0 radical (unpaired) electrons. The number of hydrogen-bond acceptors (Lipinski definition) is 1. The first-order chi connectivity index (χ1) is 9.52. The van der Waals surface area contributed by atoms with Crippen molar-refractivity contribution in [1.29, 1.82) is 0 Å². The maximum Gasteiger partial charge on any atom is 0.129 e. The minimum absolute atomic E-state index is 0.104. The van der Waals surface area contributed by atoms with E-state index in [0.29, 0.717) is 0 Å². The van der Waals surface area contributed by atoms with Gasteiger partial charge in [0.2, 0.25) is 0 Å². The van der Waals surface area contributed by atoms with E-state index in [2.05, 4.69) is 0 Å². The van der Waals surface area contributed by atoms with E-state index in [1.807, 2.05) is 0 Å². The van der Waals surface area contributed by atoms with Gasteiger partial charge in [0, 0.05) is 22.6 Å². The van der Waals surface area contributed by atoms with Gasteiger partial charge in [0.15, 0.2) is 0 Å². The summed E-state index contributed by atoms with van der Waals surface area (Å²) in [7, 11) is 0. The van der Waals surface area contributed by atoms with E-state index in [9.17, 15) is 13.2 Å². The van der Waals surface area contributed by atoms with E-state index in [-0.39, 0.29) is 29.1 Å². The number of benzene rings is 2. The van der Waals surface area contributed by atoms with Crippen LogP contribution in [0, 0.1) is 17.5 Å². The number of hydrogen-bond donors (Lipinski definition) is 1. The van der Waals surface area contributed by atoms with Crippen molar-refractivity contribution in [1.82, 2.24) is 0 Å². The molecule has 2 aromatic rings. The van der Waals surface area contributed by atoms with E-state index in [4.69, 9.17) is 17.3 Å². The average Bonchev–Trinajstić information content (AvgIpc) is 2.40. The maximum atomic E-state index is 13.8. The van der Waals surface area contributed by atoms with E-state index < -0.39 is 23.4 Å². The maximum absolute atomic E-state index is 13.8. The predicted molar refractivity (Wildman–Crippen MR) is 73.3 cm³/mol. The van der Waals surface area contributed by atoms with Crippen LogP contribution in [0.4, 0.5) is 13.2 Å². The molecule has 0 spiro atoms. The van der Waals surface area contributed by atoms with Gasteiger partial charge in [-0.2, -0.15) is 0 Å². The number of nitrogens with two attached hydrogens (primary N) is 1. The Morgan fingerprint density at radius 3 is 2.40 bits per heavy atom.